The molecule has 0 aliphatic carbocycles. The minimum absolute atomic E-state index is 0.0249. The molecule has 0 unspecified atom stereocenters. The number of anilines is 1. The van der Waals surface area contributed by atoms with Crippen molar-refractivity contribution in [3.8, 4) is 6.07 Å². The van der Waals surface area contributed by atoms with Gasteiger partial charge in [0.05, 0.1) is 5.52 Å². The fraction of sp³-hybridized carbons (Fsp3) is 0.304. The lowest BCUT2D eigenvalue weighted by molar-refractivity contribution is 0.181. The Labute approximate surface area is 189 Å². The van der Waals surface area contributed by atoms with Crippen molar-refractivity contribution in [2.24, 2.45) is 7.05 Å². The number of piperazine rings is 1. The smallest absolute Gasteiger partial charge is 0.271 e. The zero-order chi connectivity index (χ0) is 23.0. The van der Waals surface area contributed by atoms with Crippen molar-refractivity contribution in [3.05, 3.63) is 74.1 Å². The van der Waals surface area contributed by atoms with Gasteiger partial charge in [-0.3, -0.25) is 9.69 Å². The molecule has 0 bridgehead atoms. The minimum atomic E-state index is -0.388. The van der Waals surface area contributed by atoms with Gasteiger partial charge in [-0.25, -0.2) is 4.39 Å². The van der Waals surface area contributed by atoms with Crippen LogP contribution in [0.1, 0.15) is 18.1 Å². The van der Waals surface area contributed by atoms with E-state index in [1.165, 1.54) is 16.7 Å². The SMILES string of the molecule is [C-]#[N+]c1ccc2c(n1)c(N1CCN(Cc3ccc(F)cc3Cl)[C@H](C)C1)c(C#N)c(=O)n2C. The van der Waals surface area contributed by atoms with Crippen LogP contribution in [0.15, 0.2) is 35.1 Å². The van der Waals surface area contributed by atoms with E-state index in [2.05, 4.69) is 27.7 Å². The molecule has 7 nitrogen and oxygen atoms in total. The largest absolute Gasteiger partial charge is 0.364 e. The summed E-state index contributed by atoms with van der Waals surface area (Å²) in [4.78, 5) is 24.9. The van der Waals surface area contributed by atoms with Crippen LogP contribution in [0.4, 0.5) is 15.9 Å². The number of aromatic nitrogens is 2. The number of benzene rings is 1. The summed E-state index contributed by atoms with van der Waals surface area (Å²) in [5, 5.41) is 10.2. The summed E-state index contributed by atoms with van der Waals surface area (Å²) in [6.45, 7) is 11.7. The predicted molar refractivity (Wildman–Crippen MR) is 121 cm³/mol. The van der Waals surface area contributed by atoms with Gasteiger partial charge in [0.15, 0.2) is 0 Å². The van der Waals surface area contributed by atoms with Crippen molar-refractivity contribution in [2.45, 2.75) is 19.5 Å². The number of fused-ring (bicyclic) bond motifs is 1. The highest BCUT2D eigenvalue weighted by Crippen LogP contribution is 2.31. The maximum absolute atomic E-state index is 13.4. The second-order valence-electron chi connectivity index (χ2n) is 7.85. The maximum Gasteiger partial charge on any atom is 0.271 e. The lowest BCUT2D eigenvalue weighted by Gasteiger charge is -2.41. The van der Waals surface area contributed by atoms with Gasteiger partial charge in [0.25, 0.3) is 11.4 Å². The van der Waals surface area contributed by atoms with E-state index in [0.717, 1.165) is 5.56 Å². The van der Waals surface area contributed by atoms with Crippen LogP contribution in [0.3, 0.4) is 0 Å². The molecule has 1 saturated heterocycles. The first kappa shape index (κ1) is 21.8. The molecule has 1 aliphatic rings. The lowest BCUT2D eigenvalue weighted by atomic mass is 10.1. The van der Waals surface area contributed by atoms with Crippen LogP contribution in [-0.4, -0.2) is 40.1 Å². The van der Waals surface area contributed by atoms with Crippen LogP contribution in [0, 0.1) is 23.7 Å². The molecule has 1 atom stereocenters. The molecular weight excluding hydrogens is 431 g/mol. The summed E-state index contributed by atoms with van der Waals surface area (Å²) in [5.41, 5.74) is 2.00. The predicted octanol–water partition coefficient (Wildman–Crippen LogP) is 3.86. The Morgan fingerprint density at radius 3 is 2.78 bits per heavy atom. The number of nitrogens with zero attached hydrogens (tertiary/aromatic N) is 6. The molecule has 0 amide bonds. The molecule has 1 fully saturated rings. The third kappa shape index (κ3) is 3.80. The van der Waals surface area contributed by atoms with Gasteiger partial charge in [-0.2, -0.15) is 5.26 Å². The van der Waals surface area contributed by atoms with E-state index < -0.39 is 0 Å². The molecule has 0 radical (unpaired) electrons. The first-order valence-electron chi connectivity index (χ1n) is 10.1. The molecule has 3 aromatic rings. The monoisotopic (exact) mass is 450 g/mol. The Morgan fingerprint density at radius 1 is 1.34 bits per heavy atom. The second-order valence-corrected chi connectivity index (χ2v) is 8.26. The highest BCUT2D eigenvalue weighted by atomic mass is 35.5. The van der Waals surface area contributed by atoms with Gasteiger partial charge in [-0.1, -0.05) is 24.2 Å². The van der Waals surface area contributed by atoms with E-state index >= 15 is 0 Å². The standard InChI is InChI=1S/C23H20ClFN6O/c1-14-12-31(9-8-30(14)13-15-4-5-16(25)10-18(15)24)22-17(11-26)23(32)29(3)19-6-7-20(27-2)28-21(19)22/h4-7,10,14H,8-9,12-13H2,1,3H3/t14-/m1/s1. The van der Waals surface area contributed by atoms with Gasteiger partial charge < -0.3 is 14.3 Å². The van der Waals surface area contributed by atoms with Crippen LogP contribution < -0.4 is 10.5 Å². The fourth-order valence-corrected chi connectivity index (χ4v) is 4.38. The molecular formula is C23H20ClFN6O. The van der Waals surface area contributed by atoms with Crippen LogP contribution in [-0.2, 0) is 13.6 Å². The van der Waals surface area contributed by atoms with Crippen molar-refractivity contribution >= 4 is 34.1 Å². The summed E-state index contributed by atoms with van der Waals surface area (Å²) in [6.07, 6.45) is 0. The van der Waals surface area contributed by atoms with Crippen molar-refractivity contribution in [1.29, 1.82) is 5.26 Å². The Bertz CT molecular complexity index is 1360. The van der Waals surface area contributed by atoms with Gasteiger partial charge in [0.1, 0.15) is 23.1 Å². The first-order valence-corrected chi connectivity index (χ1v) is 10.5. The van der Waals surface area contributed by atoms with Gasteiger partial charge in [-0.05, 0) is 36.8 Å². The number of hydrogen-bond donors (Lipinski definition) is 0. The molecule has 3 heterocycles. The third-order valence-electron chi connectivity index (χ3n) is 5.90. The Morgan fingerprint density at radius 2 is 2.12 bits per heavy atom. The summed E-state index contributed by atoms with van der Waals surface area (Å²) in [5.74, 6) is -0.164. The summed E-state index contributed by atoms with van der Waals surface area (Å²) in [6, 6.07) is 9.77. The fourth-order valence-electron chi connectivity index (χ4n) is 4.16. The molecule has 1 aliphatic heterocycles. The topological polar surface area (TPSA) is 69.5 Å². The van der Waals surface area contributed by atoms with E-state index in [1.54, 1.807) is 25.2 Å². The van der Waals surface area contributed by atoms with Crippen LogP contribution in [0.25, 0.3) is 15.9 Å². The molecule has 2 aromatic heterocycles. The van der Waals surface area contributed by atoms with Crippen molar-refractivity contribution in [2.75, 3.05) is 24.5 Å². The van der Waals surface area contributed by atoms with Gasteiger partial charge >= 0.3 is 0 Å². The van der Waals surface area contributed by atoms with Crippen molar-refractivity contribution in [1.82, 2.24) is 14.5 Å². The highest BCUT2D eigenvalue weighted by molar-refractivity contribution is 6.31. The molecule has 0 N–H and O–H groups in total. The first-order chi connectivity index (χ1) is 15.3. The van der Waals surface area contributed by atoms with Crippen molar-refractivity contribution < 1.29 is 4.39 Å². The molecule has 9 heteroatoms. The lowest BCUT2D eigenvalue weighted by Crippen LogP contribution is -2.52. The average Bonchev–Trinajstić information content (AvgIpc) is 2.78. The number of hydrogen-bond acceptors (Lipinski definition) is 5. The van der Waals surface area contributed by atoms with E-state index in [4.69, 9.17) is 18.2 Å². The Hall–Kier alpha value is -3.46. The number of rotatable bonds is 3. The van der Waals surface area contributed by atoms with Crippen molar-refractivity contribution in [3.63, 3.8) is 0 Å². The van der Waals surface area contributed by atoms with E-state index in [0.29, 0.717) is 47.9 Å². The van der Waals surface area contributed by atoms with Gasteiger partial charge in [-0.15, -0.1) is 4.98 Å². The normalized spacial score (nSPS) is 16.7. The average molecular weight is 451 g/mol. The maximum atomic E-state index is 13.4. The molecule has 0 saturated carbocycles. The quantitative estimate of drug-likeness (QED) is 0.567. The molecule has 32 heavy (non-hydrogen) atoms. The van der Waals surface area contributed by atoms with E-state index in [1.807, 2.05) is 4.90 Å². The second kappa shape index (κ2) is 8.58. The van der Waals surface area contributed by atoms with E-state index in [-0.39, 0.29) is 28.8 Å². The number of nitriles is 1. The molecule has 0 spiro atoms. The summed E-state index contributed by atoms with van der Waals surface area (Å²) < 4.78 is 14.8. The summed E-state index contributed by atoms with van der Waals surface area (Å²) in [7, 11) is 1.60. The zero-order valence-corrected chi connectivity index (χ0v) is 18.4. The Kier molecular flexibility index (Phi) is 5.84. The molecule has 1 aromatic carbocycles. The van der Waals surface area contributed by atoms with Gasteiger partial charge in [0, 0.05) is 44.3 Å². The van der Waals surface area contributed by atoms with Gasteiger partial charge in [0.2, 0.25) is 5.52 Å². The third-order valence-corrected chi connectivity index (χ3v) is 6.25. The number of aryl methyl sites for hydroxylation is 1. The number of halogens is 2. The van der Waals surface area contributed by atoms with Crippen LogP contribution >= 0.6 is 11.6 Å². The number of pyridine rings is 2. The highest BCUT2D eigenvalue weighted by Gasteiger charge is 2.30. The molecule has 162 valence electrons. The minimum Gasteiger partial charge on any atom is -0.364 e. The Balaban J connectivity index is 1.70. The molecule has 4 rings (SSSR count). The van der Waals surface area contributed by atoms with Crippen LogP contribution in [0.5, 0.6) is 0 Å². The van der Waals surface area contributed by atoms with Crippen LogP contribution in [0.2, 0.25) is 5.02 Å². The summed E-state index contributed by atoms with van der Waals surface area (Å²) >= 11 is 6.20. The zero-order valence-electron chi connectivity index (χ0n) is 17.6. The van der Waals surface area contributed by atoms with E-state index in [9.17, 15) is 14.4 Å².